The lowest BCUT2D eigenvalue weighted by atomic mass is 9.99. The molecule has 0 radical (unpaired) electrons. The lowest BCUT2D eigenvalue weighted by Gasteiger charge is -2.17. The number of anilines is 1. The Morgan fingerprint density at radius 2 is 1.93 bits per heavy atom. The largest absolute Gasteiger partial charge is 0.495 e. The minimum atomic E-state index is -0.133. The van der Waals surface area contributed by atoms with E-state index < -0.39 is 0 Å². The first-order valence-corrected chi connectivity index (χ1v) is 9.38. The second-order valence-corrected chi connectivity index (χ2v) is 6.84. The molecule has 1 amide bonds. The van der Waals surface area contributed by atoms with Crippen LogP contribution in [0.1, 0.15) is 36.5 Å². The van der Waals surface area contributed by atoms with E-state index in [0.29, 0.717) is 23.9 Å². The van der Waals surface area contributed by atoms with Gasteiger partial charge in [0.1, 0.15) is 5.75 Å². The van der Waals surface area contributed by atoms with Crippen LogP contribution < -0.4 is 20.7 Å². The number of nitrogens with zero attached hydrogens (tertiary/aromatic N) is 1. The Labute approximate surface area is 190 Å². The Hall–Kier alpha value is -2.29. The highest BCUT2D eigenvalue weighted by Gasteiger charge is 2.09. The van der Waals surface area contributed by atoms with Crippen LogP contribution in [0.3, 0.4) is 0 Å². The predicted molar refractivity (Wildman–Crippen MR) is 131 cm³/mol. The van der Waals surface area contributed by atoms with Crippen molar-refractivity contribution in [2.75, 3.05) is 26.0 Å². The number of guanidine groups is 1. The van der Waals surface area contributed by atoms with Gasteiger partial charge in [0, 0.05) is 27.1 Å². The molecule has 0 aromatic heterocycles. The normalized spacial score (nSPS) is 11.8. The number of benzene rings is 2. The summed E-state index contributed by atoms with van der Waals surface area (Å²) in [4.78, 5) is 15.7. The number of hydrogen-bond donors (Lipinski definition) is 3. The first-order valence-electron chi connectivity index (χ1n) is 9.38. The molecule has 0 aliphatic heterocycles. The summed E-state index contributed by atoms with van der Waals surface area (Å²) in [7, 11) is 3.34. The Bertz CT molecular complexity index is 839. The van der Waals surface area contributed by atoms with E-state index in [2.05, 4.69) is 59.1 Å². The molecule has 0 saturated carbocycles. The molecule has 29 heavy (non-hydrogen) atoms. The van der Waals surface area contributed by atoms with Crippen LogP contribution in [-0.2, 0) is 11.3 Å². The maximum atomic E-state index is 11.4. The van der Waals surface area contributed by atoms with Gasteiger partial charge in [0.15, 0.2) is 5.96 Å². The van der Waals surface area contributed by atoms with E-state index in [0.717, 1.165) is 18.1 Å². The molecule has 2 rings (SSSR count). The first-order chi connectivity index (χ1) is 13.4. The van der Waals surface area contributed by atoms with Crippen LogP contribution in [0.25, 0.3) is 0 Å². The van der Waals surface area contributed by atoms with Crippen molar-refractivity contribution in [2.24, 2.45) is 4.99 Å². The second kappa shape index (κ2) is 12.3. The third-order valence-corrected chi connectivity index (χ3v) is 4.45. The molecule has 1 atom stereocenters. The average Bonchev–Trinajstić information content (AvgIpc) is 2.67. The molecule has 158 valence electrons. The zero-order valence-corrected chi connectivity index (χ0v) is 20.0. The molecule has 2 aromatic carbocycles. The van der Waals surface area contributed by atoms with Crippen molar-refractivity contribution in [1.29, 1.82) is 0 Å². The number of methoxy groups -OCH3 is 1. The summed E-state index contributed by atoms with van der Waals surface area (Å²) in [6, 6.07) is 14.3. The minimum absolute atomic E-state index is 0. The van der Waals surface area contributed by atoms with Crippen molar-refractivity contribution in [3.05, 3.63) is 59.2 Å². The summed E-state index contributed by atoms with van der Waals surface area (Å²) < 4.78 is 5.29. The molecule has 0 saturated heterocycles. The highest BCUT2D eigenvalue weighted by molar-refractivity contribution is 14.0. The molecule has 0 aliphatic rings. The van der Waals surface area contributed by atoms with E-state index >= 15 is 0 Å². The number of amides is 1. The zero-order valence-electron chi connectivity index (χ0n) is 17.7. The van der Waals surface area contributed by atoms with Gasteiger partial charge in [-0.3, -0.25) is 9.79 Å². The molecular formula is C22H31IN4O2. The van der Waals surface area contributed by atoms with E-state index in [1.807, 2.05) is 18.2 Å². The van der Waals surface area contributed by atoms with Gasteiger partial charge in [-0.2, -0.15) is 0 Å². The van der Waals surface area contributed by atoms with E-state index in [1.54, 1.807) is 14.2 Å². The molecule has 0 fully saturated rings. The lowest BCUT2D eigenvalue weighted by Crippen LogP contribution is -2.38. The summed E-state index contributed by atoms with van der Waals surface area (Å²) in [6.07, 6.45) is 0. The van der Waals surface area contributed by atoms with Gasteiger partial charge in [-0.1, -0.05) is 42.8 Å². The maximum Gasteiger partial charge on any atom is 0.221 e. The number of ether oxygens (including phenoxy) is 1. The Morgan fingerprint density at radius 3 is 2.55 bits per heavy atom. The van der Waals surface area contributed by atoms with Crippen LogP contribution in [0, 0.1) is 6.92 Å². The van der Waals surface area contributed by atoms with E-state index in [4.69, 9.17) is 4.74 Å². The SMILES string of the molecule is CN=C(NCc1ccc(OC)c(NC(C)=O)c1)NCC(C)c1cccc(C)c1.I. The van der Waals surface area contributed by atoms with Crippen molar-refractivity contribution in [1.82, 2.24) is 10.6 Å². The van der Waals surface area contributed by atoms with Crippen molar-refractivity contribution in [3.8, 4) is 5.75 Å². The van der Waals surface area contributed by atoms with E-state index in [1.165, 1.54) is 18.1 Å². The molecule has 6 nitrogen and oxygen atoms in total. The van der Waals surface area contributed by atoms with E-state index in [-0.39, 0.29) is 29.9 Å². The molecule has 0 bridgehead atoms. The monoisotopic (exact) mass is 510 g/mol. The minimum Gasteiger partial charge on any atom is -0.495 e. The number of hydrogen-bond acceptors (Lipinski definition) is 3. The van der Waals surface area contributed by atoms with Gasteiger partial charge < -0.3 is 20.7 Å². The number of carbonyl (C=O) groups excluding carboxylic acids is 1. The summed E-state index contributed by atoms with van der Waals surface area (Å²) in [6.45, 7) is 7.13. The predicted octanol–water partition coefficient (Wildman–Crippen LogP) is 4.05. The number of aliphatic imine (C=N–C) groups is 1. The summed E-state index contributed by atoms with van der Waals surface area (Å²) in [5.41, 5.74) is 4.24. The van der Waals surface area contributed by atoms with Crippen LogP contribution >= 0.6 is 24.0 Å². The summed E-state index contributed by atoms with van der Waals surface area (Å²) in [5.74, 6) is 1.60. The molecule has 0 spiro atoms. The fourth-order valence-electron chi connectivity index (χ4n) is 2.90. The zero-order chi connectivity index (χ0) is 20.5. The van der Waals surface area contributed by atoms with Gasteiger partial charge in [0.2, 0.25) is 5.91 Å². The number of rotatable bonds is 7. The van der Waals surface area contributed by atoms with Crippen LogP contribution in [0.4, 0.5) is 5.69 Å². The second-order valence-electron chi connectivity index (χ2n) is 6.84. The van der Waals surface area contributed by atoms with Crippen molar-refractivity contribution < 1.29 is 9.53 Å². The topological polar surface area (TPSA) is 74.8 Å². The average molecular weight is 510 g/mol. The molecule has 7 heteroatoms. The third kappa shape index (κ3) is 7.92. The highest BCUT2D eigenvalue weighted by Crippen LogP contribution is 2.25. The third-order valence-electron chi connectivity index (χ3n) is 4.45. The van der Waals surface area contributed by atoms with Crippen molar-refractivity contribution in [2.45, 2.75) is 33.2 Å². The molecule has 0 heterocycles. The fraction of sp³-hybridized carbons (Fsp3) is 0.364. The van der Waals surface area contributed by atoms with Gasteiger partial charge in [-0.25, -0.2) is 0 Å². The molecule has 2 aromatic rings. The fourth-order valence-corrected chi connectivity index (χ4v) is 2.90. The lowest BCUT2D eigenvalue weighted by molar-refractivity contribution is -0.114. The maximum absolute atomic E-state index is 11.4. The first kappa shape index (κ1) is 24.7. The van der Waals surface area contributed by atoms with Crippen LogP contribution in [0.5, 0.6) is 5.75 Å². The van der Waals surface area contributed by atoms with Crippen molar-refractivity contribution >= 4 is 41.5 Å². The van der Waals surface area contributed by atoms with Crippen LogP contribution in [0.15, 0.2) is 47.5 Å². The quantitative estimate of drug-likeness (QED) is 0.299. The summed E-state index contributed by atoms with van der Waals surface area (Å²) >= 11 is 0. The van der Waals surface area contributed by atoms with Crippen LogP contribution in [-0.4, -0.2) is 32.6 Å². The van der Waals surface area contributed by atoms with Gasteiger partial charge in [0.05, 0.1) is 12.8 Å². The molecule has 3 N–H and O–H groups in total. The summed E-state index contributed by atoms with van der Waals surface area (Å²) in [5, 5.41) is 9.47. The molecular weight excluding hydrogens is 479 g/mol. The Kier molecular flexibility index (Phi) is 10.5. The standard InChI is InChI=1S/C22H30N4O2.HI/c1-15-7-6-8-19(11-15)16(2)13-24-22(23-4)25-14-18-9-10-21(28-5)20(12-18)26-17(3)27;/h6-12,16H,13-14H2,1-5H3,(H,26,27)(H2,23,24,25);1H. The van der Waals surface area contributed by atoms with Gasteiger partial charge in [-0.05, 0) is 36.1 Å². The van der Waals surface area contributed by atoms with Gasteiger partial charge in [0.25, 0.3) is 0 Å². The number of halogens is 1. The van der Waals surface area contributed by atoms with Gasteiger partial charge >= 0.3 is 0 Å². The van der Waals surface area contributed by atoms with Gasteiger partial charge in [-0.15, -0.1) is 24.0 Å². The Morgan fingerprint density at radius 1 is 1.17 bits per heavy atom. The molecule has 1 unspecified atom stereocenters. The Balaban J connectivity index is 0.00000420. The van der Waals surface area contributed by atoms with Crippen LogP contribution in [0.2, 0.25) is 0 Å². The van der Waals surface area contributed by atoms with Crippen molar-refractivity contribution in [3.63, 3.8) is 0 Å². The number of nitrogens with one attached hydrogen (secondary N) is 3. The molecule has 0 aliphatic carbocycles. The highest BCUT2D eigenvalue weighted by atomic mass is 127. The number of carbonyl (C=O) groups is 1. The smallest absolute Gasteiger partial charge is 0.221 e. The number of aryl methyl sites for hydroxylation is 1. The van der Waals surface area contributed by atoms with E-state index in [9.17, 15) is 4.79 Å².